The number of para-hydroxylation sites is 1. The number of hydrogen-bond acceptors (Lipinski definition) is 4. The van der Waals surface area contributed by atoms with Gasteiger partial charge in [-0.05, 0) is 49.2 Å². The number of likely N-dealkylation sites (N-methyl/N-ethyl adjacent to an activating group) is 1. The summed E-state index contributed by atoms with van der Waals surface area (Å²) in [7, 11) is 5.35. The van der Waals surface area contributed by atoms with E-state index in [-0.39, 0.29) is 5.56 Å². The van der Waals surface area contributed by atoms with Crippen LogP contribution in [0.5, 0.6) is 11.5 Å². The first kappa shape index (κ1) is 18.6. The zero-order chi connectivity index (χ0) is 19.7. The molecule has 3 aromatic rings. The Bertz CT molecular complexity index is 1070. The molecule has 0 bridgehead atoms. The van der Waals surface area contributed by atoms with Crippen LogP contribution in [-0.2, 0) is 25.9 Å². The summed E-state index contributed by atoms with van der Waals surface area (Å²) >= 11 is 0. The molecular formula is C23H26N2O3. The summed E-state index contributed by atoms with van der Waals surface area (Å²) in [5.41, 5.74) is 4.45. The molecule has 0 N–H and O–H groups in total. The van der Waals surface area contributed by atoms with Gasteiger partial charge in [0.05, 0.1) is 19.7 Å². The van der Waals surface area contributed by atoms with Crippen molar-refractivity contribution in [2.75, 3.05) is 27.8 Å². The van der Waals surface area contributed by atoms with Crippen LogP contribution >= 0.6 is 0 Å². The predicted octanol–water partition coefficient (Wildman–Crippen LogP) is 3.25. The molecule has 0 fully saturated rings. The lowest BCUT2D eigenvalue weighted by molar-refractivity contribution is 0.311. The van der Waals surface area contributed by atoms with Crippen molar-refractivity contribution in [1.29, 1.82) is 0 Å². The number of hydrogen-bond donors (Lipinski definition) is 0. The predicted molar refractivity (Wildman–Crippen MR) is 111 cm³/mol. The van der Waals surface area contributed by atoms with Crippen LogP contribution in [0.15, 0.2) is 47.3 Å². The molecule has 146 valence electrons. The van der Waals surface area contributed by atoms with E-state index in [9.17, 15) is 4.79 Å². The molecule has 1 aliphatic heterocycles. The zero-order valence-corrected chi connectivity index (χ0v) is 16.7. The van der Waals surface area contributed by atoms with Gasteiger partial charge in [0.15, 0.2) is 11.5 Å². The van der Waals surface area contributed by atoms with Crippen LogP contribution in [0, 0.1) is 0 Å². The Balaban J connectivity index is 1.73. The summed E-state index contributed by atoms with van der Waals surface area (Å²) in [5, 5.41) is 1.21. The lowest BCUT2D eigenvalue weighted by Gasteiger charge is -2.27. The van der Waals surface area contributed by atoms with Crippen LogP contribution in [0.4, 0.5) is 0 Å². The van der Waals surface area contributed by atoms with E-state index in [1.54, 1.807) is 14.2 Å². The molecule has 0 spiro atoms. The average Bonchev–Trinajstić information content (AvgIpc) is 2.73. The summed E-state index contributed by atoms with van der Waals surface area (Å²) in [5.74, 6) is 1.43. The molecule has 2 heterocycles. The molecule has 4 rings (SSSR count). The van der Waals surface area contributed by atoms with Gasteiger partial charge in [-0.1, -0.05) is 24.3 Å². The van der Waals surface area contributed by atoms with Crippen LogP contribution < -0.4 is 15.0 Å². The van der Waals surface area contributed by atoms with Gasteiger partial charge in [0.1, 0.15) is 0 Å². The Morgan fingerprint density at radius 1 is 1.00 bits per heavy atom. The van der Waals surface area contributed by atoms with Crippen molar-refractivity contribution >= 4 is 10.9 Å². The SMILES string of the molecule is COc1ccc(CCn2c(=O)c3c(c4ccccc42)CCN(C)C3)cc1OC. The van der Waals surface area contributed by atoms with Crippen LogP contribution in [0.1, 0.15) is 16.7 Å². The highest BCUT2D eigenvalue weighted by Crippen LogP contribution is 2.28. The van der Waals surface area contributed by atoms with Gasteiger partial charge in [0.2, 0.25) is 0 Å². The van der Waals surface area contributed by atoms with Crippen molar-refractivity contribution in [2.24, 2.45) is 0 Å². The number of benzene rings is 2. The molecular weight excluding hydrogens is 352 g/mol. The molecule has 1 aliphatic rings. The van der Waals surface area contributed by atoms with E-state index in [1.807, 2.05) is 28.8 Å². The van der Waals surface area contributed by atoms with Crippen molar-refractivity contribution in [2.45, 2.75) is 25.9 Å². The Morgan fingerprint density at radius 3 is 2.57 bits per heavy atom. The maximum atomic E-state index is 13.3. The molecule has 0 unspecified atom stereocenters. The second-order valence-electron chi connectivity index (χ2n) is 7.36. The fraction of sp³-hybridized carbons (Fsp3) is 0.348. The minimum absolute atomic E-state index is 0.140. The minimum Gasteiger partial charge on any atom is -0.493 e. The van der Waals surface area contributed by atoms with Gasteiger partial charge >= 0.3 is 0 Å². The standard InChI is InChI=1S/C23H26N2O3/c1-24-12-11-17-18-6-4-5-7-20(18)25(23(26)19(17)15-24)13-10-16-8-9-21(27-2)22(14-16)28-3/h4-9,14H,10-13,15H2,1-3H3. The number of ether oxygens (including phenoxy) is 2. The number of aromatic nitrogens is 1. The Kier molecular flexibility index (Phi) is 5.09. The Morgan fingerprint density at radius 2 is 1.79 bits per heavy atom. The third kappa shape index (κ3) is 3.27. The summed E-state index contributed by atoms with van der Waals surface area (Å²) in [6, 6.07) is 14.2. The summed E-state index contributed by atoms with van der Waals surface area (Å²) in [6.07, 6.45) is 1.68. The maximum Gasteiger partial charge on any atom is 0.255 e. The molecule has 2 aromatic carbocycles. The second-order valence-corrected chi connectivity index (χ2v) is 7.36. The van der Waals surface area contributed by atoms with Gasteiger partial charge in [0.25, 0.3) is 5.56 Å². The number of nitrogens with zero attached hydrogens (tertiary/aromatic N) is 2. The highest BCUT2D eigenvalue weighted by molar-refractivity contribution is 5.84. The third-order valence-electron chi connectivity index (χ3n) is 5.63. The summed E-state index contributed by atoms with van der Waals surface area (Å²) in [4.78, 5) is 15.5. The lowest BCUT2D eigenvalue weighted by Crippen LogP contribution is -2.35. The van der Waals surface area contributed by atoms with Crippen molar-refractivity contribution in [3.63, 3.8) is 0 Å². The van der Waals surface area contributed by atoms with Crippen molar-refractivity contribution < 1.29 is 9.47 Å². The van der Waals surface area contributed by atoms with Crippen molar-refractivity contribution in [3.8, 4) is 11.5 Å². The van der Waals surface area contributed by atoms with Gasteiger partial charge < -0.3 is 18.9 Å². The van der Waals surface area contributed by atoms with E-state index < -0.39 is 0 Å². The molecule has 0 radical (unpaired) electrons. The normalized spacial score (nSPS) is 14.1. The Hall–Kier alpha value is -2.79. The van der Waals surface area contributed by atoms with E-state index in [0.29, 0.717) is 18.0 Å². The van der Waals surface area contributed by atoms with Gasteiger partial charge in [0, 0.05) is 30.6 Å². The number of pyridine rings is 1. The average molecular weight is 378 g/mol. The molecule has 0 amide bonds. The third-order valence-corrected chi connectivity index (χ3v) is 5.63. The number of fused-ring (bicyclic) bond motifs is 3. The van der Waals surface area contributed by atoms with E-state index in [2.05, 4.69) is 30.1 Å². The van der Waals surface area contributed by atoms with Crippen LogP contribution in [0.3, 0.4) is 0 Å². The van der Waals surface area contributed by atoms with E-state index in [4.69, 9.17) is 9.47 Å². The van der Waals surface area contributed by atoms with Gasteiger partial charge in [-0.2, -0.15) is 0 Å². The second kappa shape index (κ2) is 7.68. The molecule has 5 nitrogen and oxygen atoms in total. The molecule has 0 saturated carbocycles. The van der Waals surface area contributed by atoms with Crippen LogP contribution in [0.25, 0.3) is 10.9 Å². The number of methoxy groups -OCH3 is 2. The Labute approximate surface area is 165 Å². The van der Waals surface area contributed by atoms with E-state index in [0.717, 1.165) is 42.6 Å². The molecule has 0 atom stereocenters. The first-order valence-electron chi connectivity index (χ1n) is 9.65. The topological polar surface area (TPSA) is 43.7 Å². The fourth-order valence-corrected chi connectivity index (χ4v) is 4.13. The van der Waals surface area contributed by atoms with Crippen molar-refractivity contribution in [3.05, 3.63) is 69.5 Å². The van der Waals surface area contributed by atoms with Crippen LogP contribution in [-0.4, -0.2) is 37.3 Å². The monoisotopic (exact) mass is 378 g/mol. The highest BCUT2D eigenvalue weighted by Gasteiger charge is 2.21. The van der Waals surface area contributed by atoms with E-state index >= 15 is 0 Å². The van der Waals surface area contributed by atoms with Crippen molar-refractivity contribution in [1.82, 2.24) is 9.47 Å². The smallest absolute Gasteiger partial charge is 0.255 e. The first-order chi connectivity index (χ1) is 13.6. The minimum atomic E-state index is 0.140. The summed E-state index contributed by atoms with van der Waals surface area (Å²) < 4.78 is 12.7. The number of rotatable bonds is 5. The molecule has 0 aliphatic carbocycles. The lowest BCUT2D eigenvalue weighted by atomic mass is 9.96. The molecule has 28 heavy (non-hydrogen) atoms. The molecule has 1 aromatic heterocycles. The zero-order valence-electron chi connectivity index (χ0n) is 16.7. The molecule has 5 heteroatoms. The quantitative estimate of drug-likeness (QED) is 0.684. The molecule has 0 saturated heterocycles. The van der Waals surface area contributed by atoms with Gasteiger partial charge in [-0.25, -0.2) is 0 Å². The highest BCUT2D eigenvalue weighted by atomic mass is 16.5. The first-order valence-corrected chi connectivity index (χ1v) is 9.65. The fourth-order valence-electron chi connectivity index (χ4n) is 4.13. The van der Waals surface area contributed by atoms with Gasteiger partial charge in [-0.3, -0.25) is 4.79 Å². The summed E-state index contributed by atoms with van der Waals surface area (Å²) in [6.45, 7) is 2.34. The number of aryl methyl sites for hydroxylation is 2. The largest absolute Gasteiger partial charge is 0.493 e. The van der Waals surface area contributed by atoms with Gasteiger partial charge in [-0.15, -0.1) is 0 Å². The van der Waals surface area contributed by atoms with E-state index in [1.165, 1.54) is 10.9 Å². The maximum absolute atomic E-state index is 13.3. The van der Waals surface area contributed by atoms with Crippen LogP contribution in [0.2, 0.25) is 0 Å².